The molecule has 2 rings (SSSR count). The summed E-state index contributed by atoms with van der Waals surface area (Å²) in [6.07, 6.45) is 0. The summed E-state index contributed by atoms with van der Waals surface area (Å²) in [5, 5.41) is 8.48. The first-order chi connectivity index (χ1) is 6.87. The number of amides is 1. The quantitative estimate of drug-likeness (QED) is 0.408. The molecule has 2 aliphatic rings. The van der Waals surface area contributed by atoms with Crippen LogP contribution in [0.1, 0.15) is 0 Å². The highest BCUT2D eigenvalue weighted by molar-refractivity contribution is 8.00. The molecule has 5 N–H and O–H groups in total. The molecule has 0 aromatic rings. The molecule has 0 radical (unpaired) electrons. The summed E-state index contributed by atoms with van der Waals surface area (Å²) < 4.78 is 0. The Morgan fingerprint density at radius 1 is 1.67 bits per heavy atom. The van der Waals surface area contributed by atoms with Gasteiger partial charge in [0.05, 0.1) is 5.03 Å². The number of halogens is 1. The summed E-state index contributed by atoms with van der Waals surface area (Å²) >= 11 is 6.99. The molecule has 0 bridgehead atoms. The number of hydrogen-bond acceptors (Lipinski definition) is 5. The van der Waals surface area contributed by atoms with Crippen molar-refractivity contribution in [3.05, 3.63) is 10.7 Å². The monoisotopic (exact) mass is 249 g/mol. The number of thioether (sulfide) groups is 1. The Kier molecular flexibility index (Phi) is 2.23. The van der Waals surface area contributed by atoms with E-state index in [1.165, 1.54) is 11.8 Å². The van der Waals surface area contributed by atoms with E-state index in [2.05, 4.69) is 0 Å². The average molecular weight is 250 g/mol. The first-order valence-electron chi connectivity index (χ1n) is 4.02. The van der Waals surface area contributed by atoms with Gasteiger partial charge < -0.3 is 16.6 Å². The van der Waals surface area contributed by atoms with E-state index >= 15 is 0 Å². The number of fused-ring (bicyclic) bond motifs is 1. The third kappa shape index (κ3) is 1.27. The summed E-state index contributed by atoms with van der Waals surface area (Å²) in [5.41, 5.74) is 9.37. The van der Waals surface area contributed by atoms with E-state index in [1.807, 2.05) is 0 Å². The summed E-state index contributed by atoms with van der Waals surface area (Å²) in [5.74, 6) is -1.56. The number of carboxylic acid groups (broad SMARTS) is 1. The lowest BCUT2D eigenvalue weighted by Gasteiger charge is -2.52. The highest BCUT2D eigenvalue weighted by Gasteiger charge is 2.60. The predicted octanol–water partition coefficient (Wildman–Crippen LogP) is -0.950. The molecule has 0 spiro atoms. The minimum atomic E-state index is -1.48. The van der Waals surface area contributed by atoms with E-state index in [-0.39, 0.29) is 10.7 Å². The van der Waals surface area contributed by atoms with Crippen molar-refractivity contribution in [3.63, 3.8) is 0 Å². The molecule has 1 unspecified atom stereocenters. The molecule has 2 aliphatic heterocycles. The van der Waals surface area contributed by atoms with Gasteiger partial charge in [0, 0.05) is 5.75 Å². The first-order valence-corrected chi connectivity index (χ1v) is 5.45. The molecule has 0 saturated carbocycles. The molecule has 0 aliphatic carbocycles. The van der Waals surface area contributed by atoms with Crippen LogP contribution in [0, 0.1) is 0 Å². The van der Waals surface area contributed by atoms with Crippen LogP contribution in [0.25, 0.3) is 0 Å². The van der Waals surface area contributed by atoms with Gasteiger partial charge in [0.2, 0.25) is 0 Å². The highest BCUT2D eigenvalue weighted by atomic mass is 35.5. The van der Waals surface area contributed by atoms with Crippen molar-refractivity contribution in [2.45, 2.75) is 11.0 Å². The van der Waals surface area contributed by atoms with E-state index in [1.54, 1.807) is 0 Å². The molecule has 1 amide bonds. The Balaban J connectivity index is 2.41. The Labute approximate surface area is 94.2 Å². The fourth-order valence-electron chi connectivity index (χ4n) is 1.57. The van der Waals surface area contributed by atoms with Gasteiger partial charge in [0.1, 0.15) is 11.1 Å². The van der Waals surface area contributed by atoms with Crippen LogP contribution in [-0.4, -0.2) is 38.7 Å². The van der Waals surface area contributed by atoms with E-state index < -0.39 is 22.9 Å². The summed E-state index contributed by atoms with van der Waals surface area (Å²) in [4.78, 5) is 23.4. The van der Waals surface area contributed by atoms with Gasteiger partial charge in [-0.15, -0.1) is 11.8 Å². The number of aliphatic carboxylic acids is 1. The van der Waals surface area contributed by atoms with Gasteiger partial charge in [0.15, 0.2) is 5.66 Å². The van der Waals surface area contributed by atoms with Crippen LogP contribution in [0.15, 0.2) is 10.7 Å². The van der Waals surface area contributed by atoms with Crippen molar-refractivity contribution in [3.8, 4) is 0 Å². The van der Waals surface area contributed by atoms with E-state index in [0.717, 1.165) is 4.90 Å². The Bertz CT molecular complexity index is 395. The third-order valence-electron chi connectivity index (χ3n) is 2.30. The zero-order chi connectivity index (χ0) is 11.4. The van der Waals surface area contributed by atoms with Gasteiger partial charge in [-0.3, -0.25) is 9.69 Å². The maximum Gasteiger partial charge on any atom is 0.353 e. The van der Waals surface area contributed by atoms with Gasteiger partial charge in [-0.05, 0) is 0 Å². The summed E-state index contributed by atoms with van der Waals surface area (Å²) in [6.45, 7) is 0. The number of β-lactam (4-membered cyclic amide) rings is 1. The lowest BCUT2D eigenvalue weighted by atomic mass is 9.99. The van der Waals surface area contributed by atoms with E-state index in [9.17, 15) is 9.59 Å². The number of rotatable bonds is 1. The van der Waals surface area contributed by atoms with Crippen molar-refractivity contribution in [2.75, 3.05) is 5.75 Å². The fourth-order valence-corrected chi connectivity index (χ4v) is 3.10. The number of nitrogens with two attached hydrogens (primary N) is 2. The second-order valence-corrected chi connectivity index (χ2v) is 4.85. The molecule has 1 saturated heterocycles. The van der Waals surface area contributed by atoms with E-state index in [4.69, 9.17) is 28.2 Å². The Hall–Kier alpha value is -0.760. The maximum absolute atomic E-state index is 11.5. The van der Waals surface area contributed by atoms with Crippen molar-refractivity contribution >= 4 is 35.2 Å². The molecule has 1 atom stereocenters. The van der Waals surface area contributed by atoms with Crippen LogP contribution in [0.2, 0.25) is 0 Å². The number of carboxylic acids is 1. The van der Waals surface area contributed by atoms with Crippen LogP contribution in [0.3, 0.4) is 0 Å². The lowest BCUT2D eigenvalue weighted by molar-refractivity contribution is -0.154. The zero-order valence-electron chi connectivity index (χ0n) is 7.44. The minimum absolute atomic E-state index is 0.132. The number of hydrogen-bond donors (Lipinski definition) is 3. The molecule has 2 heterocycles. The standard InChI is InChI=1S/C7H8ClN3O3S/c8-2-1-15-6-7(9,10)5(14)11(6)3(2)4(12)13/h6H,1,9-10H2,(H,12,13). The van der Waals surface area contributed by atoms with Gasteiger partial charge in [-0.1, -0.05) is 11.6 Å². The summed E-state index contributed by atoms with van der Waals surface area (Å²) in [7, 11) is 0. The topological polar surface area (TPSA) is 110 Å². The third-order valence-corrected chi connectivity index (χ3v) is 4.14. The minimum Gasteiger partial charge on any atom is -0.477 e. The normalized spacial score (nSPS) is 28.6. The van der Waals surface area contributed by atoms with Crippen LogP contribution in [0.4, 0.5) is 0 Å². The number of carbonyl (C=O) groups excluding carboxylic acids is 1. The van der Waals surface area contributed by atoms with Crippen molar-refractivity contribution in [1.29, 1.82) is 0 Å². The van der Waals surface area contributed by atoms with Gasteiger partial charge in [-0.25, -0.2) is 4.79 Å². The second-order valence-electron chi connectivity index (χ2n) is 3.33. The van der Waals surface area contributed by atoms with Crippen molar-refractivity contribution < 1.29 is 14.7 Å². The second kappa shape index (κ2) is 3.11. The van der Waals surface area contributed by atoms with Crippen LogP contribution < -0.4 is 11.5 Å². The lowest BCUT2D eigenvalue weighted by Crippen LogP contribution is -2.82. The Morgan fingerprint density at radius 3 is 2.80 bits per heavy atom. The average Bonchev–Trinajstić information content (AvgIpc) is 2.15. The molecule has 15 heavy (non-hydrogen) atoms. The molecule has 6 nitrogen and oxygen atoms in total. The van der Waals surface area contributed by atoms with Crippen molar-refractivity contribution in [2.24, 2.45) is 11.5 Å². The maximum atomic E-state index is 11.5. The predicted molar refractivity (Wildman–Crippen MR) is 54.7 cm³/mol. The molecule has 82 valence electrons. The molecular weight excluding hydrogens is 242 g/mol. The zero-order valence-corrected chi connectivity index (χ0v) is 9.01. The highest BCUT2D eigenvalue weighted by Crippen LogP contribution is 2.43. The van der Waals surface area contributed by atoms with Gasteiger partial charge in [-0.2, -0.15) is 0 Å². The van der Waals surface area contributed by atoms with Gasteiger partial charge in [0.25, 0.3) is 5.91 Å². The van der Waals surface area contributed by atoms with Crippen LogP contribution in [0.5, 0.6) is 0 Å². The SMILES string of the molecule is NC1(N)C(=O)N2C(C(=O)O)=C(Cl)CSC21. The molecular formula is C7H8ClN3O3S. The molecule has 8 heteroatoms. The summed E-state index contributed by atoms with van der Waals surface area (Å²) in [6, 6.07) is 0. The largest absolute Gasteiger partial charge is 0.477 e. The molecule has 0 aromatic carbocycles. The smallest absolute Gasteiger partial charge is 0.353 e. The molecule has 1 fully saturated rings. The number of nitrogens with zero attached hydrogens (tertiary/aromatic N) is 1. The fraction of sp³-hybridized carbons (Fsp3) is 0.429. The van der Waals surface area contributed by atoms with Crippen LogP contribution in [-0.2, 0) is 9.59 Å². The van der Waals surface area contributed by atoms with Gasteiger partial charge >= 0.3 is 5.97 Å². The van der Waals surface area contributed by atoms with Crippen LogP contribution >= 0.6 is 23.4 Å². The first kappa shape index (κ1) is 10.7. The Morgan fingerprint density at radius 2 is 2.27 bits per heavy atom. The van der Waals surface area contributed by atoms with E-state index in [0.29, 0.717) is 5.75 Å². The number of carbonyl (C=O) groups is 2. The molecule has 0 aromatic heterocycles. The van der Waals surface area contributed by atoms with Crippen molar-refractivity contribution in [1.82, 2.24) is 4.90 Å².